The van der Waals surface area contributed by atoms with Gasteiger partial charge in [-0.15, -0.1) is 10.2 Å². The zero-order chi connectivity index (χ0) is 18.3. The third-order valence-electron chi connectivity index (χ3n) is 4.13. The molecule has 0 spiro atoms. The van der Waals surface area contributed by atoms with E-state index in [-0.39, 0.29) is 17.1 Å². The number of nitrogens with one attached hydrogen (secondary N) is 2. The fraction of sp³-hybridized carbons (Fsp3) is 0.0526. The number of carbonyl (C=O) groups excluding carboxylic acids is 1. The first kappa shape index (κ1) is 15.8. The van der Waals surface area contributed by atoms with Crippen LogP contribution in [-0.2, 0) is 0 Å². The number of amides is 1. The molecule has 0 saturated heterocycles. The molecule has 128 valence electrons. The molecule has 0 aliphatic rings. The lowest BCUT2D eigenvalue weighted by Crippen LogP contribution is -2.09. The predicted molar refractivity (Wildman–Crippen MR) is 98.1 cm³/mol. The highest BCUT2D eigenvalue weighted by Gasteiger charge is 2.14. The average molecular weight is 346 g/mol. The number of aromatic hydroxyl groups is 1. The summed E-state index contributed by atoms with van der Waals surface area (Å²) in [5, 5.41) is 18.9. The molecule has 0 fully saturated rings. The van der Waals surface area contributed by atoms with Gasteiger partial charge in [0.05, 0.1) is 11.1 Å². The number of aryl methyl sites for hydroxylation is 1. The molecule has 0 atom stereocenters. The fourth-order valence-corrected chi connectivity index (χ4v) is 2.91. The number of aromatic amines is 2. The van der Waals surface area contributed by atoms with Gasteiger partial charge in [0.2, 0.25) is 11.4 Å². The van der Waals surface area contributed by atoms with Crippen LogP contribution < -0.4 is 5.56 Å². The second kappa shape index (κ2) is 5.96. The number of nitrogens with zero attached hydrogens (tertiary/aromatic N) is 2. The largest absolute Gasteiger partial charge is 0.493 e. The number of hydrogen-bond acceptors (Lipinski definition) is 4. The summed E-state index contributed by atoms with van der Waals surface area (Å²) in [7, 11) is 0. The molecule has 4 rings (SSSR count). The van der Waals surface area contributed by atoms with E-state index in [9.17, 15) is 14.7 Å². The van der Waals surface area contributed by atoms with Crippen LogP contribution in [0.15, 0.2) is 63.6 Å². The van der Waals surface area contributed by atoms with Crippen LogP contribution in [0.4, 0.5) is 5.69 Å². The van der Waals surface area contributed by atoms with Crippen molar-refractivity contribution in [1.82, 2.24) is 9.97 Å². The van der Waals surface area contributed by atoms with Gasteiger partial charge < -0.3 is 15.1 Å². The summed E-state index contributed by atoms with van der Waals surface area (Å²) in [6.45, 7) is 1.91. The minimum absolute atomic E-state index is 0.156. The molecule has 3 N–H and O–H groups in total. The number of pyridine rings is 1. The minimum atomic E-state index is -0.659. The molecule has 0 unspecified atom stereocenters. The van der Waals surface area contributed by atoms with Crippen LogP contribution in [0.1, 0.15) is 15.9 Å². The van der Waals surface area contributed by atoms with Crippen molar-refractivity contribution in [3.8, 4) is 5.88 Å². The second-order valence-electron chi connectivity index (χ2n) is 5.97. The Balaban J connectivity index is 1.79. The Bertz CT molecular complexity index is 1250. The van der Waals surface area contributed by atoms with Crippen LogP contribution >= 0.6 is 0 Å². The first-order chi connectivity index (χ1) is 12.5. The molecular formula is C19H14N4O3. The summed E-state index contributed by atoms with van der Waals surface area (Å²) in [5.41, 5.74) is 2.17. The number of hydrogen-bond donors (Lipinski definition) is 3. The smallest absolute Gasteiger partial charge is 0.296 e. The van der Waals surface area contributed by atoms with Gasteiger partial charge in [0, 0.05) is 22.4 Å². The van der Waals surface area contributed by atoms with Gasteiger partial charge >= 0.3 is 0 Å². The monoisotopic (exact) mass is 346 g/mol. The molecule has 7 nitrogen and oxygen atoms in total. The molecule has 0 aliphatic heterocycles. The predicted octanol–water partition coefficient (Wildman–Crippen LogP) is 3.95. The van der Waals surface area contributed by atoms with E-state index >= 15 is 0 Å². The van der Waals surface area contributed by atoms with E-state index in [1.165, 1.54) is 6.07 Å². The van der Waals surface area contributed by atoms with E-state index in [4.69, 9.17) is 0 Å². The highest BCUT2D eigenvalue weighted by Crippen LogP contribution is 2.36. The highest BCUT2D eigenvalue weighted by atomic mass is 16.3. The van der Waals surface area contributed by atoms with Crippen molar-refractivity contribution < 1.29 is 9.90 Å². The summed E-state index contributed by atoms with van der Waals surface area (Å²) < 4.78 is 0. The summed E-state index contributed by atoms with van der Waals surface area (Å²) in [5.74, 6) is -0.827. The number of H-pyrrole nitrogens is 2. The zero-order valence-electron chi connectivity index (χ0n) is 13.8. The standard InChI is InChI=1S/C19H14N4O3/c1-10-6-7-15-13(8-10)17(19(26)21-15)22-23-18(25)12-9-16(24)20-14-5-3-2-4-11(12)14/h2-9,21,26H,1H3,(H,20,24). The summed E-state index contributed by atoms with van der Waals surface area (Å²) in [6.07, 6.45) is 0. The van der Waals surface area contributed by atoms with Crippen molar-refractivity contribution in [2.45, 2.75) is 6.92 Å². The van der Waals surface area contributed by atoms with Crippen LogP contribution in [0, 0.1) is 6.92 Å². The average Bonchev–Trinajstić information content (AvgIpc) is 2.93. The fourth-order valence-electron chi connectivity index (χ4n) is 2.91. The molecule has 4 aromatic rings. The number of azo groups is 1. The topological polar surface area (TPSA) is 111 Å². The Kier molecular flexibility index (Phi) is 3.62. The van der Waals surface area contributed by atoms with Crippen molar-refractivity contribution in [3.05, 3.63) is 70.0 Å². The van der Waals surface area contributed by atoms with E-state index in [0.717, 1.165) is 5.56 Å². The van der Waals surface area contributed by atoms with Gasteiger partial charge in [0.15, 0.2) is 5.69 Å². The van der Waals surface area contributed by atoms with Crippen molar-refractivity contribution in [3.63, 3.8) is 0 Å². The van der Waals surface area contributed by atoms with Gasteiger partial charge in [-0.05, 0) is 25.1 Å². The van der Waals surface area contributed by atoms with Crippen LogP contribution in [0.2, 0.25) is 0 Å². The van der Waals surface area contributed by atoms with Crippen LogP contribution in [0.5, 0.6) is 5.88 Å². The normalized spacial score (nSPS) is 11.6. The molecular weight excluding hydrogens is 332 g/mol. The van der Waals surface area contributed by atoms with Gasteiger partial charge in [-0.3, -0.25) is 9.59 Å². The molecule has 2 aromatic heterocycles. The Labute approximate surface area is 147 Å². The Morgan fingerprint density at radius 2 is 1.77 bits per heavy atom. The first-order valence-corrected chi connectivity index (χ1v) is 7.92. The number of benzene rings is 2. The maximum absolute atomic E-state index is 12.5. The Morgan fingerprint density at radius 1 is 1.00 bits per heavy atom. The molecule has 0 aliphatic carbocycles. The quantitative estimate of drug-likeness (QED) is 0.478. The molecule has 26 heavy (non-hydrogen) atoms. The lowest BCUT2D eigenvalue weighted by Gasteiger charge is -2.01. The number of carbonyl (C=O) groups is 1. The summed E-state index contributed by atoms with van der Waals surface area (Å²) in [6, 6.07) is 13.7. The van der Waals surface area contributed by atoms with Crippen LogP contribution in [0.25, 0.3) is 21.8 Å². The lowest BCUT2D eigenvalue weighted by atomic mass is 10.1. The molecule has 2 heterocycles. The highest BCUT2D eigenvalue weighted by molar-refractivity contribution is 6.06. The SMILES string of the molecule is Cc1ccc2[nH]c(O)c(N=NC(=O)c3cc(=O)[nH]c4ccccc34)c2c1. The van der Waals surface area contributed by atoms with Crippen LogP contribution in [-0.4, -0.2) is 21.0 Å². The van der Waals surface area contributed by atoms with E-state index in [1.807, 2.05) is 25.1 Å². The first-order valence-electron chi connectivity index (χ1n) is 7.92. The van der Waals surface area contributed by atoms with Gasteiger partial charge in [-0.25, -0.2) is 0 Å². The third kappa shape index (κ3) is 2.65. The third-order valence-corrected chi connectivity index (χ3v) is 4.13. The lowest BCUT2D eigenvalue weighted by molar-refractivity contribution is 0.0996. The van der Waals surface area contributed by atoms with E-state index in [0.29, 0.717) is 21.8 Å². The van der Waals surface area contributed by atoms with Gasteiger partial charge in [-0.1, -0.05) is 29.8 Å². The van der Waals surface area contributed by atoms with Crippen molar-refractivity contribution in [2.75, 3.05) is 0 Å². The van der Waals surface area contributed by atoms with Gasteiger partial charge in [-0.2, -0.15) is 0 Å². The molecule has 1 amide bonds. The summed E-state index contributed by atoms with van der Waals surface area (Å²) in [4.78, 5) is 29.8. The Morgan fingerprint density at radius 3 is 2.62 bits per heavy atom. The molecule has 7 heteroatoms. The molecule has 0 bridgehead atoms. The van der Waals surface area contributed by atoms with E-state index in [1.54, 1.807) is 24.3 Å². The number of para-hydroxylation sites is 1. The minimum Gasteiger partial charge on any atom is -0.493 e. The number of aromatic nitrogens is 2. The van der Waals surface area contributed by atoms with Crippen LogP contribution in [0.3, 0.4) is 0 Å². The van der Waals surface area contributed by atoms with Crippen molar-refractivity contribution in [2.24, 2.45) is 10.2 Å². The zero-order valence-corrected chi connectivity index (χ0v) is 13.8. The second-order valence-corrected chi connectivity index (χ2v) is 5.97. The van der Waals surface area contributed by atoms with Gasteiger partial charge in [0.1, 0.15) is 0 Å². The Hall–Kier alpha value is -3.74. The maximum Gasteiger partial charge on any atom is 0.296 e. The molecule has 0 radical (unpaired) electrons. The molecule has 0 saturated carbocycles. The molecule has 2 aromatic carbocycles. The maximum atomic E-state index is 12.5. The summed E-state index contributed by atoms with van der Waals surface area (Å²) >= 11 is 0. The number of rotatable bonds is 2. The van der Waals surface area contributed by atoms with Gasteiger partial charge in [0.25, 0.3) is 5.91 Å². The van der Waals surface area contributed by atoms with E-state index < -0.39 is 11.5 Å². The van der Waals surface area contributed by atoms with Crippen molar-refractivity contribution >= 4 is 33.4 Å². The van der Waals surface area contributed by atoms with E-state index in [2.05, 4.69) is 20.2 Å². The number of fused-ring (bicyclic) bond motifs is 2. The van der Waals surface area contributed by atoms with Crippen molar-refractivity contribution in [1.29, 1.82) is 0 Å².